The molecular weight excluding hydrogens is 333 g/mol. The van der Waals surface area contributed by atoms with Crippen molar-refractivity contribution >= 4 is 26.8 Å². The molecule has 0 unspecified atom stereocenters. The highest BCUT2D eigenvalue weighted by molar-refractivity contribution is 7.89. The Balaban J connectivity index is 1.90. The number of primary sulfonamides is 1. The molecule has 1 atom stereocenters. The van der Waals surface area contributed by atoms with Crippen LogP contribution in [0.3, 0.4) is 0 Å². The summed E-state index contributed by atoms with van der Waals surface area (Å²) in [6.07, 6.45) is 0.611. The number of rotatable bonds is 3. The van der Waals surface area contributed by atoms with Crippen molar-refractivity contribution in [2.45, 2.75) is 13.3 Å². The summed E-state index contributed by atoms with van der Waals surface area (Å²) in [6.45, 7) is 2.66. The van der Waals surface area contributed by atoms with Crippen LogP contribution in [-0.4, -0.2) is 42.6 Å². The van der Waals surface area contributed by atoms with Gasteiger partial charge in [0.1, 0.15) is 11.5 Å². The minimum absolute atomic E-state index is 0.115. The predicted octanol–water partition coefficient (Wildman–Crippen LogP) is 1.38. The number of likely N-dealkylation sites (tertiary alicyclic amines) is 1. The van der Waals surface area contributed by atoms with Gasteiger partial charge < -0.3 is 9.47 Å². The molecule has 1 saturated heterocycles. The maximum absolute atomic E-state index is 13.5. The van der Waals surface area contributed by atoms with E-state index in [4.69, 9.17) is 5.14 Å². The molecule has 0 aliphatic carbocycles. The number of fused-ring (bicyclic) bond motifs is 1. The van der Waals surface area contributed by atoms with Crippen LogP contribution in [0, 0.1) is 18.7 Å². The van der Waals surface area contributed by atoms with E-state index in [1.807, 2.05) is 0 Å². The highest BCUT2D eigenvalue weighted by Gasteiger charge is 2.31. The smallest absolute Gasteiger partial charge is 0.270 e. The number of sulfonamides is 1. The van der Waals surface area contributed by atoms with Crippen LogP contribution in [0.4, 0.5) is 4.39 Å². The number of aryl methyl sites for hydroxylation is 2. The molecule has 0 bridgehead atoms. The van der Waals surface area contributed by atoms with E-state index in [1.165, 1.54) is 12.1 Å². The van der Waals surface area contributed by atoms with Gasteiger partial charge >= 0.3 is 0 Å². The predicted molar refractivity (Wildman–Crippen MR) is 89.6 cm³/mol. The van der Waals surface area contributed by atoms with Gasteiger partial charge in [0.05, 0.1) is 5.75 Å². The molecular formula is C16H20FN3O3S. The Bertz CT molecular complexity index is 920. The lowest BCUT2D eigenvalue weighted by Gasteiger charge is -2.17. The molecule has 8 heteroatoms. The van der Waals surface area contributed by atoms with Crippen molar-refractivity contribution < 1.29 is 17.6 Å². The van der Waals surface area contributed by atoms with Crippen molar-refractivity contribution in [3.05, 3.63) is 35.3 Å². The number of carbonyl (C=O) groups is 1. The van der Waals surface area contributed by atoms with Gasteiger partial charge in [-0.15, -0.1) is 0 Å². The average molecular weight is 353 g/mol. The lowest BCUT2D eigenvalue weighted by Crippen LogP contribution is -2.32. The van der Waals surface area contributed by atoms with Gasteiger partial charge in [0, 0.05) is 31.0 Å². The fraction of sp³-hybridized carbons (Fsp3) is 0.438. The first-order chi connectivity index (χ1) is 11.2. The summed E-state index contributed by atoms with van der Waals surface area (Å²) in [4.78, 5) is 14.5. The summed E-state index contributed by atoms with van der Waals surface area (Å²) < 4.78 is 37.7. The fourth-order valence-corrected chi connectivity index (χ4v) is 4.47. The monoisotopic (exact) mass is 353 g/mol. The SMILES string of the molecule is Cc1c(C(=O)N2CC[C@H](CS(N)(=O)=O)C2)n(C)c2ccc(F)cc12. The molecule has 2 aromatic rings. The summed E-state index contributed by atoms with van der Waals surface area (Å²) >= 11 is 0. The van der Waals surface area contributed by atoms with Gasteiger partial charge in [-0.3, -0.25) is 4.79 Å². The Labute approximate surface area is 140 Å². The maximum atomic E-state index is 13.5. The number of amides is 1. The third kappa shape index (κ3) is 3.03. The molecule has 2 N–H and O–H groups in total. The van der Waals surface area contributed by atoms with Crippen LogP contribution in [-0.2, 0) is 17.1 Å². The van der Waals surface area contributed by atoms with Gasteiger partial charge in [0.2, 0.25) is 10.0 Å². The average Bonchev–Trinajstić information content (AvgIpc) is 3.01. The Hall–Kier alpha value is -1.93. The Morgan fingerprint density at radius 2 is 2.12 bits per heavy atom. The zero-order valence-corrected chi connectivity index (χ0v) is 14.4. The van der Waals surface area contributed by atoms with Crippen molar-refractivity contribution in [2.24, 2.45) is 18.1 Å². The van der Waals surface area contributed by atoms with Crippen LogP contribution in [0.5, 0.6) is 0 Å². The first-order valence-corrected chi connectivity index (χ1v) is 9.43. The number of carbonyl (C=O) groups excluding carboxylic acids is 1. The Morgan fingerprint density at radius 1 is 1.42 bits per heavy atom. The molecule has 1 aromatic carbocycles. The highest BCUT2D eigenvalue weighted by Crippen LogP contribution is 2.28. The van der Waals surface area contributed by atoms with Crippen LogP contribution in [0.2, 0.25) is 0 Å². The van der Waals surface area contributed by atoms with Crippen molar-refractivity contribution in [3.63, 3.8) is 0 Å². The maximum Gasteiger partial charge on any atom is 0.270 e. The quantitative estimate of drug-likeness (QED) is 0.904. The van der Waals surface area contributed by atoms with E-state index in [0.29, 0.717) is 30.6 Å². The second kappa shape index (κ2) is 5.86. The Morgan fingerprint density at radius 3 is 2.79 bits per heavy atom. The number of halogens is 1. The van der Waals surface area contributed by atoms with Gasteiger partial charge in [-0.2, -0.15) is 0 Å². The summed E-state index contributed by atoms with van der Waals surface area (Å²) in [7, 11) is -1.77. The van der Waals surface area contributed by atoms with Gasteiger partial charge in [-0.25, -0.2) is 17.9 Å². The molecule has 0 radical (unpaired) electrons. The van der Waals surface area contributed by atoms with Gasteiger partial charge in [-0.1, -0.05) is 0 Å². The summed E-state index contributed by atoms with van der Waals surface area (Å²) in [6, 6.07) is 4.45. The molecule has 1 aliphatic heterocycles. The van der Waals surface area contributed by atoms with Crippen molar-refractivity contribution in [1.82, 2.24) is 9.47 Å². The molecule has 3 rings (SSSR count). The lowest BCUT2D eigenvalue weighted by atomic mass is 10.1. The topological polar surface area (TPSA) is 85.4 Å². The largest absolute Gasteiger partial charge is 0.339 e. The summed E-state index contributed by atoms with van der Waals surface area (Å²) in [5.74, 6) is -0.764. The molecule has 1 amide bonds. The number of nitrogens with two attached hydrogens (primary N) is 1. The first-order valence-electron chi connectivity index (χ1n) is 7.71. The first kappa shape index (κ1) is 16.9. The molecule has 2 heterocycles. The van der Waals surface area contributed by atoms with E-state index in [1.54, 1.807) is 29.5 Å². The van der Waals surface area contributed by atoms with Gasteiger partial charge in [-0.05, 0) is 43.0 Å². The number of hydrogen-bond donors (Lipinski definition) is 1. The molecule has 24 heavy (non-hydrogen) atoms. The zero-order chi connectivity index (χ0) is 17.6. The second-order valence-electron chi connectivity index (χ2n) is 6.43. The van der Waals surface area contributed by atoms with E-state index < -0.39 is 10.0 Å². The number of aromatic nitrogens is 1. The number of benzene rings is 1. The molecule has 1 fully saturated rings. The molecule has 0 spiro atoms. The normalized spacial score (nSPS) is 18.5. The third-order valence-corrected chi connectivity index (χ3v) is 5.59. The summed E-state index contributed by atoms with van der Waals surface area (Å²) in [5.41, 5.74) is 2.02. The Kier molecular flexibility index (Phi) is 4.13. The van der Waals surface area contributed by atoms with E-state index >= 15 is 0 Å². The third-order valence-electron chi connectivity index (χ3n) is 4.66. The highest BCUT2D eigenvalue weighted by atomic mass is 32.2. The number of nitrogens with zero attached hydrogens (tertiary/aromatic N) is 2. The standard InChI is InChI=1S/C16H20FN3O3S/c1-10-13-7-12(17)3-4-14(13)19(2)15(10)16(21)20-6-5-11(8-20)9-24(18,22)23/h3-4,7,11H,5-6,8-9H2,1-2H3,(H2,18,22,23)/t11-/m0/s1. The van der Waals surface area contributed by atoms with Crippen LogP contribution in [0.25, 0.3) is 10.9 Å². The van der Waals surface area contributed by atoms with Gasteiger partial charge in [0.25, 0.3) is 5.91 Å². The van der Waals surface area contributed by atoms with E-state index in [-0.39, 0.29) is 23.4 Å². The molecule has 6 nitrogen and oxygen atoms in total. The van der Waals surface area contributed by atoms with Crippen molar-refractivity contribution in [3.8, 4) is 0 Å². The second-order valence-corrected chi connectivity index (χ2v) is 8.09. The molecule has 1 aliphatic rings. The lowest BCUT2D eigenvalue weighted by molar-refractivity contribution is 0.0778. The number of hydrogen-bond acceptors (Lipinski definition) is 3. The van der Waals surface area contributed by atoms with E-state index in [2.05, 4.69) is 0 Å². The van der Waals surface area contributed by atoms with Crippen LogP contribution in [0.1, 0.15) is 22.5 Å². The van der Waals surface area contributed by atoms with Gasteiger partial charge in [0.15, 0.2) is 0 Å². The fourth-order valence-electron chi connectivity index (χ4n) is 3.54. The van der Waals surface area contributed by atoms with Crippen LogP contribution < -0.4 is 5.14 Å². The molecule has 130 valence electrons. The minimum atomic E-state index is -3.55. The van der Waals surface area contributed by atoms with E-state index in [9.17, 15) is 17.6 Å². The molecule has 0 saturated carbocycles. The van der Waals surface area contributed by atoms with Crippen molar-refractivity contribution in [1.29, 1.82) is 0 Å². The minimum Gasteiger partial charge on any atom is -0.339 e. The zero-order valence-electron chi connectivity index (χ0n) is 13.6. The van der Waals surface area contributed by atoms with Crippen LogP contribution >= 0.6 is 0 Å². The van der Waals surface area contributed by atoms with Crippen LogP contribution in [0.15, 0.2) is 18.2 Å². The molecule has 1 aromatic heterocycles. The van der Waals surface area contributed by atoms with Crippen molar-refractivity contribution in [2.75, 3.05) is 18.8 Å². The summed E-state index contributed by atoms with van der Waals surface area (Å²) in [5, 5.41) is 5.80. The van der Waals surface area contributed by atoms with E-state index in [0.717, 1.165) is 11.1 Å².